The molecule has 0 aliphatic heterocycles. The Hall–Kier alpha value is -7.45. The van der Waals surface area contributed by atoms with Crippen molar-refractivity contribution in [1.82, 2.24) is 15.0 Å². The lowest BCUT2D eigenvalue weighted by molar-refractivity contribution is -0.384. The number of fused-ring (bicyclic) bond motifs is 1. The van der Waals surface area contributed by atoms with Crippen LogP contribution in [0, 0.1) is 21.4 Å². The molecule has 0 fully saturated rings. The first kappa shape index (κ1) is 31.2. The monoisotopic (exact) mass is 655 g/mol. The molecule has 0 atom stereocenters. The van der Waals surface area contributed by atoms with Gasteiger partial charge in [0.2, 0.25) is 0 Å². The number of aromatic amines is 1. The van der Waals surface area contributed by atoms with Crippen LogP contribution >= 0.6 is 0 Å². The van der Waals surface area contributed by atoms with E-state index in [1.165, 1.54) is 6.07 Å². The summed E-state index contributed by atoms with van der Waals surface area (Å²) in [5, 5.41) is 24.4. The first-order valence-corrected chi connectivity index (χ1v) is 15.4. The molecule has 0 aliphatic carbocycles. The molecule has 5 aromatic carbocycles. The van der Waals surface area contributed by atoms with E-state index in [-0.39, 0.29) is 34.3 Å². The van der Waals surface area contributed by atoms with E-state index in [2.05, 4.69) is 15.3 Å². The standard InChI is InChI=1S/C39H25N7O4/c40-22-31-30(27-10-6-7-13-35(27)46(49)50)21-33(43-37(31)41)23-14-17-26(18-15-23)42-39(48)29-12-5-4-11-28(29)38-44-32-19-16-25(20-34(32)45-38)36(47)24-8-2-1-3-9-24/h1-21H,(H2,41,43)(H,42,48)(H,44,45). The molecule has 4 N–H and O–H groups in total. The lowest BCUT2D eigenvalue weighted by Gasteiger charge is -2.12. The number of nitrogens with zero attached hydrogens (tertiary/aromatic N) is 4. The predicted molar refractivity (Wildman–Crippen MR) is 190 cm³/mol. The maximum absolute atomic E-state index is 13.6. The van der Waals surface area contributed by atoms with Gasteiger partial charge in [0.05, 0.1) is 32.8 Å². The van der Waals surface area contributed by atoms with Crippen molar-refractivity contribution in [3.05, 3.63) is 160 Å². The number of H-pyrrole nitrogens is 1. The average Bonchev–Trinajstić information content (AvgIpc) is 3.58. The molecule has 0 saturated carbocycles. The van der Waals surface area contributed by atoms with Crippen LogP contribution in [-0.4, -0.2) is 31.6 Å². The van der Waals surface area contributed by atoms with Gasteiger partial charge in [-0.3, -0.25) is 19.7 Å². The third-order valence-electron chi connectivity index (χ3n) is 8.20. The fourth-order valence-electron chi connectivity index (χ4n) is 5.74. The number of benzene rings is 5. The number of nitro benzene ring substituents is 1. The molecule has 0 radical (unpaired) electrons. The number of aromatic nitrogens is 3. The summed E-state index contributed by atoms with van der Waals surface area (Å²) in [5.41, 5.74) is 11.4. The fraction of sp³-hybridized carbons (Fsp3) is 0. The van der Waals surface area contributed by atoms with Gasteiger partial charge in [-0.05, 0) is 48.5 Å². The topological polar surface area (TPSA) is 181 Å². The van der Waals surface area contributed by atoms with Crippen LogP contribution in [0.25, 0.3) is 44.8 Å². The zero-order chi connectivity index (χ0) is 34.8. The SMILES string of the molecule is N#Cc1c(-c2ccccc2[N+](=O)[O-])cc(-c2ccc(NC(=O)c3ccccc3-c3nc4cc(C(=O)c5ccccc5)ccc4[nH]3)cc2)nc1N. The van der Waals surface area contributed by atoms with Gasteiger partial charge >= 0.3 is 0 Å². The largest absolute Gasteiger partial charge is 0.383 e. The number of carbonyl (C=O) groups excluding carboxylic acids is 2. The van der Waals surface area contributed by atoms with Crippen molar-refractivity contribution < 1.29 is 14.5 Å². The summed E-state index contributed by atoms with van der Waals surface area (Å²) in [6, 6.07) is 37.9. The summed E-state index contributed by atoms with van der Waals surface area (Å²) < 4.78 is 0. The third-order valence-corrected chi connectivity index (χ3v) is 8.20. The van der Waals surface area contributed by atoms with Crippen molar-refractivity contribution in [2.75, 3.05) is 11.1 Å². The van der Waals surface area contributed by atoms with Crippen molar-refractivity contribution in [1.29, 1.82) is 5.26 Å². The second kappa shape index (κ2) is 13.0. The van der Waals surface area contributed by atoms with Crippen molar-refractivity contribution in [3.8, 4) is 39.8 Å². The first-order valence-electron chi connectivity index (χ1n) is 15.4. The quantitative estimate of drug-likeness (QED) is 0.0842. The number of pyridine rings is 1. The number of amides is 1. The normalized spacial score (nSPS) is 10.8. The number of nitrogens with two attached hydrogens (primary N) is 1. The number of nitrogens with one attached hydrogen (secondary N) is 2. The molecule has 240 valence electrons. The van der Waals surface area contributed by atoms with Gasteiger partial charge in [-0.1, -0.05) is 72.8 Å². The van der Waals surface area contributed by atoms with Gasteiger partial charge in [0.1, 0.15) is 23.3 Å². The highest BCUT2D eigenvalue weighted by atomic mass is 16.6. The predicted octanol–water partition coefficient (Wildman–Crippen LogP) is 7.80. The molecule has 0 saturated heterocycles. The van der Waals surface area contributed by atoms with Crippen LogP contribution in [0.2, 0.25) is 0 Å². The van der Waals surface area contributed by atoms with Crippen LogP contribution < -0.4 is 11.1 Å². The molecular formula is C39H25N7O4. The van der Waals surface area contributed by atoms with Gasteiger partial charge in [-0.25, -0.2) is 9.97 Å². The maximum Gasteiger partial charge on any atom is 0.277 e. The van der Waals surface area contributed by atoms with Crippen LogP contribution in [0.4, 0.5) is 17.2 Å². The number of carbonyl (C=O) groups is 2. The van der Waals surface area contributed by atoms with Gasteiger partial charge < -0.3 is 16.0 Å². The molecule has 11 heteroatoms. The highest BCUT2D eigenvalue weighted by Crippen LogP contribution is 2.36. The minimum atomic E-state index is -0.512. The van der Waals surface area contributed by atoms with Crippen molar-refractivity contribution >= 4 is 39.9 Å². The zero-order valence-electron chi connectivity index (χ0n) is 26.1. The molecule has 1 amide bonds. The van der Waals surface area contributed by atoms with Crippen molar-refractivity contribution in [2.45, 2.75) is 0 Å². The van der Waals surface area contributed by atoms with Gasteiger partial charge in [0.15, 0.2) is 5.78 Å². The average molecular weight is 656 g/mol. The second-order valence-corrected chi connectivity index (χ2v) is 11.3. The molecule has 2 heterocycles. The van der Waals surface area contributed by atoms with E-state index in [0.29, 0.717) is 56.1 Å². The fourth-order valence-corrected chi connectivity index (χ4v) is 5.74. The minimum Gasteiger partial charge on any atom is -0.383 e. The summed E-state index contributed by atoms with van der Waals surface area (Å²) in [6.45, 7) is 0. The number of rotatable bonds is 8. The Labute approximate surface area is 284 Å². The number of para-hydroxylation sites is 1. The highest BCUT2D eigenvalue weighted by Gasteiger charge is 2.21. The summed E-state index contributed by atoms with van der Waals surface area (Å²) in [5.74, 6) is -0.0591. The molecule has 0 aliphatic rings. The lowest BCUT2D eigenvalue weighted by Crippen LogP contribution is -2.13. The molecule has 7 aromatic rings. The summed E-state index contributed by atoms with van der Waals surface area (Å²) in [6.07, 6.45) is 0. The molecule has 7 rings (SSSR count). The van der Waals surface area contributed by atoms with Crippen molar-refractivity contribution in [3.63, 3.8) is 0 Å². The maximum atomic E-state index is 13.6. The van der Waals surface area contributed by atoms with E-state index in [9.17, 15) is 25.0 Å². The van der Waals surface area contributed by atoms with Gasteiger partial charge in [-0.2, -0.15) is 5.26 Å². The Bertz CT molecular complexity index is 2500. The van der Waals surface area contributed by atoms with Crippen LogP contribution in [-0.2, 0) is 0 Å². The van der Waals surface area contributed by atoms with Crippen LogP contribution in [0.3, 0.4) is 0 Å². The molecule has 2 aromatic heterocycles. The first-order chi connectivity index (χ1) is 24.3. The summed E-state index contributed by atoms with van der Waals surface area (Å²) >= 11 is 0. The minimum absolute atomic E-state index is 0.0381. The van der Waals surface area contributed by atoms with E-state index >= 15 is 0 Å². The Kier molecular flexibility index (Phi) is 8.09. The van der Waals surface area contributed by atoms with Crippen LogP contribution in [0.1, 0.15) is 31.8 Å². The molecular weight excluding hydrogens is 630 g/mol. The van der Waals surface area contributed by atoms with E-state index in [1.807, 2.05) is 30.3 Å². The lowest BCUT2D eigenvalue weighted by atomic mass is 9.97. The van der Waals surface area contributed by atoms with E-state index in [4.69, 9.17) is 10.7 Å². The van der Waals surface area contributed by atoms with E-state index in [0.717, 1.165) is 5.52 Å². The molecule has 11 nitrogen and oxygen atoms in total. The second-order valence-electron chi connectivity index (χ2n) is 11.3. The van der Waals surface area contributed by atoms with Gasteiger partial charge in [0, 0.05) is 39.6 Å². The molecule has 50 heavy (non-hydrogen) atoms. The Morgan fingerprint density at radius 2 is 1.48 bits per heavy atom. The molecule has 0 bridgehead atoms. The van der Waals surface area contributed by atoms with Crippen molar-refractivity contribution in [2.24, 2.45) is 0 Å². The Morgan fingerprint density at radius 3 is 2.22 bits per heavy atom. The van der Waals surface area contributed by atoms with E-state index in [1.54, 1.807) is 97.1 Å². The zero-order valence-corrected chi connectivity index (χ0v) is 26.1. The number of anilines is 2. The van der Waals surface area contributed by atoms with Crippen LogP contribution in [0.15, 0.2) is 127 Å². The number of hydrogen-bond acceptors (Lipinski definition) is 8. The number of nitriles is 1. The summed E-state index contributed by atoms with van der Waals surface area (Å²) in [4.78, 5) is 50.1. The smallest absolute Gasteiger partial charge is 0.277 e. The third kappa shape index (κ3) is 5.92. The Balaban J connectivity index is 1.14. The van der Waals surface area contributed by atoms with Gasteiger partial charge in [0.25, 0.3) is 11.6 Å². The summed E-state index contributed by atoms with van der Waals surface area (Å²) in [7, 11) is 0. The Morgan fingerprint density at radius 1 is 0.780 bits per heavy atom. The van der Waals surface area contributed by atoms with Crippen LogP contribution in [0.5, 0.6) is 0 Å². The molecule has 0 spiro atoms. The molecule has 0 unspecified atom stereocenters. The van der Waals surface area contributed by atoms with Gasteiger partial charge in [-0.15, -0.1) is 0 Å². The number of nitrogen functional groups attached to an aromatic ring is 1. The number of ketones is 1. The number of hydrogen-bond donors (Lipinski definition) is 3. The highest BCUT2D eigenvalue weighted by molar-refractivity contribution is 6.11. The van der Waals surface area contributed by atoms with E-state index < -0.39 is 4.92 Å². The number of imidazole rings is 1. The number of nitro groups is 1.